The standard InChI is InChI=1S/C28H25Cl2NO4/c1-16(2)15-35-22-10-8-18(9-11-22)26(32)24-25(23-7-5-4-6-17(23)3)31(28(34)27(24)33)21-13-19(29)12-20(30)14-21/h4-14,16,25,32H,15H2,1-3H3/b26-24+. The fourth-order valence-electron chi connectivity index (χ4n) is 4.09. The van der Waals surface area contributed by atoms with Crippen molar-refractivity contribution in [2.45, 2.75) is 26.8 Å². The van der Waals surface area contributed by atoms with Gasteiger partial charge in [0.05, 0.1) is 18.2 Å². The molecule has 1 aliphatic heterocycles. The molecule has 5 nitrogen and oxygen atoms in total. The van der Waals surface area contributed by atoms with Crippen LogP contribution in [0.15, 0.2) is 72.3 Å². The third-order valence-electron chi connectivity index (χ3n) is 5.76. The lowest BCUT2D eigenvalue weighted by Gasteiger charge is -2.27. The van der Waals surface area contributed by atoms with Crippen LogP contribution in [0.5, 0.6) is 5.75 Å². The molecule has 1 heterocycles. The number of amides is 1. The van der Waals surface area contributed by atoms with E-state index in [-0.39, 0.29) is 11.3 Å². The van der Waals surface area contributed by atoms with Crippen LogP contribution in [0.2, 0.25) is 10.0 Å². The molecule has 4 rings (SSSR count). The Morgan fingerprint density at radius 2 is 1.63 bits per heavy atom. The molecular formula is C28H25Cl2NO4. The van der Waals surface area contributed by atoms with E-state index in [4.69, 9.17) is 27.9 Å². The topological polar surface area (TPSA) is 66.8 Å². The number of rotatable bonds is 6. The van der Waals surface area contributed by atoms with Gasteiger partial charge in [-0.15, -0.1) is 0 Å². The zero-order chi connectivity index (χ0) is 25.3. The van der Waals surface area contributed by atoms with Crippen molar-refractivity contribution in [1.29, 1.82) is 0 Å². The summed E-state index contributed by atoms with van der Waals surface area (Å²) in [6.45, 7) is 6.56. The molecule has 0 spiro atoms. The third-order valence-corrected chi connectivity index (χ3v) is 6.20. The van der Waals surface area contributed by atoms with Gasteiger partial charge in [0.1, 0.15) is 11.5 Å². The molecule has 0 aromatic heterocycles. The van der Waals surface area contributed by atoms with Crippen molar-refractivity contribution in [2.75, 3.05) is 11.5 Å². The van der Waals surface area contributed by atoms with Crippen molar-refractivity contribution < 1.29 is 19.4 Å². The highest BCUT2D eigenvalue weighted by atomic mass is 35.5. The van der Waals surface area contributed by atoms with Crippen LogP contribution in [0.1, 0.15) is 36.6 Å². The Labute approximate surface area is 214 Å². The van der Waals surface area contributed by atoms with Crippen LogP contribution < -0.4 is 9.64 Å². The van der Waals surface area contributed by atoms with Crippen molar-refractivity contribution in [1.82, 2.24) is 0 Å². The number of aliphatic hydroxyl groups excluding tert-OH is 1. The van der Waals surface area contributed by atoms with E-state index < -0.39 is 17.7 Å². The minimum absolute atomic E-state index is 0.00348. The number of carbonyl (C=O) groups excluding carboxylic acids is 2. The molecule has 35 heavy (non-hydrogen) atoms. The molecule has 1 fully saturated rings. The quantitative estimate of drug-likeness (QED) is 0.221. The van der Waals surface area contributed by atoms with Crippen molar-refractivity contribution >= 4 is 46.3 Å². The van der Waals surface area contributed by atoms with Gasteiger partial charge in [-0.25, -0.2) is 0 Å². The highest BCUT2D eigenvalue weighted by molar-refractivity contribution is 6.52. The molecule has 1 N–H and O–H groups in total. The van der Waals surface area contributed by atoms with Gasteiger partial charge in [-0.3, -0.25) is 14.5 Å². The van der Waals surface area contributed by atoms with Gasteiger partial charge in [0.2, 0.25) is 0 Å². The van der Waals surface area contributed by atoms with Crippen molar-refractivity contribution in [3.05, 3.63) is 99.0 Å². The monoisotopic (exact) mass is 509 g/mol. The number of Topliss-reactive ketones (excluding diaryl/α,β-unsaturated/α-hetero) is 1. The number of hydrogen-bond acceptors (Lipinski definition) is 4. The Balaban J connectivity index is 1.86. The molecular weight excluding hydrogens is 485 g/mol. The highest BCUT2D eigenvalue weighted by Crippen LogP contribution is 2.44. The van der Waals surface area contributed by atoms with E-state index in [0.717, 1.165) is 5.56 Å². The number of nitrogens with zero attached hydrogens (tertiary/aromatic N) is 1. The lowest BCUT2D eigenvalue weighted by atomic mass is 9.92. The maximum absolute atomic E-state index is 13.3. The Morgan fingerprint density at radius 3 is 2.23 bits per heavy atom. The van der Waals surface area contributed by atoms with Crippen molar-refractivity contribution in [2.24, 2.45) is 5.92 Å². The second kappa shape index (κ2) is 10.1. The molecule has 1 unspecified atom stereocenters. The van der Waals surface area contributed by atoms with Gasteiger partial charge in [0.15, 0.2) is 0 Å². The number of ketones is 1. The number of hydrogen-bond donors (Lipinski definition) is 1. The van der Waals surface area contributed by atoms with Crippen LogP contribution in [-0.4, -0.2) is 23.4 Å². The number of aryl methyl sites for hydroxylation is 1. The fourth-order valence-corrected chi connectivity index (χ4v) is 4.61. The number of carbonyl (C=O) groups is 2. The normalized spacial score (nSPS) is 17.3. The Hall–Kier alpha value is -3.28. The molecule has 0 bridgehead atoms. The SMILES string of the molecule is Cc1ccccc1C1/C(=C(\O)c2ccc(OCC(C)C)cc2)C(=O)C(=O)N1c1cc(Cl)cc(Cl)c1. The molecule has 1 aliphatic rings. The predicted octanol–water partition coefficient (Wildman–Crippen LogP) is 6.96. The van der Waals surface area contributed by atoms with E-state index >= 15 is 0 Å². The summed E-state index contributed by atoms with van der Waals surface area (Å²) in [5.41, 5.74) is 2.34. The molecule has 180 valence electrons. The first-order valence-electron chi connectivity index (χ1n) is 11.2. The van der Waals surface area contributed by atoms with E-state index in [9.17, 15) is 14.7 Å². The fraction of sp³-hybridized carbons (Fsp3) is 0.214. The van der Waals surface area contributed by atoms with E-state index in [1.54, 1.807) is 42.5 Å². The molecule has 1 atom stereocenters. The van der Waals surface area contributed by atoms with E-state index in [0.29, 0.717) is 45.1 Å². The van der Waals surface area contributed by atoms with Gasteiger partial charge in [-0.1, -0.05) is 61.3 Å². The number of benzene rings is 3. The first-order valence-corrected chi connectivity index (χ1v) is 12.0. The molecule has 0 aliphatic carbocycles. The van der Waals surface area contributed by atoms with Crippen LogP contribution in [0, 0.1) is 12.8 Å². The highest BCUT2D eigenvalue weighted by Gasteiger charge is 2.47. The van der Waals surface area contributed by atoms with E-state index in [1.807, 2.05) is 31.2 Å². The van der Waals surface area contributed by atoms with Gasteiger partial charge < -0.3 is 9.84 Å². The predicted molar refractivity (Wildman–Crippen MR) is 139 cm³/mol. The van der Waals surface area contributed by atoms with Crippen molar-refractivity contribution in [3.8, 4) is 5.75 Å². The average molecular weight is 510 g/mol. The summed E-state index contributed by atoms with van der Waals surface area (Å²) in [4.78, 5) is 28.0. The first-order chi connectivity index (χ1) is 16.7. The maximum atomic E-state index is 13.3. The van der Waals surface area contributed by atoms with Crippen LogP contribution in [0.3, 0.4) is 0 Å². The largest absolute Gasteiger partial charge is 0.507 e. The number of anilines is 1. The van der Waals surface area contributed by atoms with Gasteiger partial charge >= 0.3 is 0 Å². The Bertz CT molecular complexity index is 1290. The number of aliphatic hydroxyl groups is 1. The second-order valence-corrected chi connectivity index (χ2v) is 9.76. The van der Waals surface area contributed by atoms with Gasteiger partial charge in [0, 0.05) is 21.3 Å². The van der Waals surface area contributed by atoms with E-state index in [2.05, 4.69) is 13.8 Å². The first kappa shape index (κ1) is 24.8. The minimum Gasteiger partial charge on any atom is -0.507 e. The summed E-state index contributed by atoms with van der Waals surface area (Å²) in [7, 11) is 0. The molecule has 1 saturated heterocycles. The molecule has 0 saturated carbocycles. The van der Waals surface area contributed by atoms with Gasteiger partial charge in [-0.2, -0.15) is 0 Å². The minimum atomic E-state index is -0.859. The number of halogens is 2. The lowest BCUT2D eigenvalue weighted by molar-refractivity contribution is -0.132. The van der Waals surface area contributed by atoms with Gasteiger partial charge in [-0.05, 0) is 66.4 Å². The van der Waals surface area contributed by atoms with Crippen LogP contribution in [0.25, 0.3) is 5.76 Å². The van der Waals surface area contributed by atoms with E-state index in [1.165, 1.54) is 4.90 Å². The lowest BCUT2D eigenvalue weighted by Crippen LogP contribution is -2.29. The zero-order valence-electron chi connectivity index (χ0n) is 19.6. The Morgan fingerprint density at radius 1 is 1.00 bits per heavy atom. The van der Waals surface area contributed by atoms with Crippen LogP contribution >= 0.6 is 23.2 Å². The Kier molecular flexibility index (Phi) is 7.20. The van der Waals surface area contributed by atoms with Gasteiger partial charge in [0.25, 0.3) is 11.7 Å². The summed E-state index contributed by atoms with van der Waals surface area (Å²) >= 11 is 12.4. The summed E-state index contributed by atoms with van der Waals surface area (Å²) in [6.07, 6.45) is 0. The van der Waals surface area contributed by atoms with Crippen LogP contribution in [0.4, 0.5) is 5.69 Å². The summed E-state index contributed by atoms with van der Waals surface area (Å²) < 4.78 is 5.72. The summed E-state index contributed by atoms with van der Waals surface area (Å²) in [5.74, 6) is -0.794. The maximum Gasteiger partial charge on any atom is 0.300 e. The average Bonchev–Trinajstić information content (AvgIpc) is 3.07. The molecule has 3 aromatic rings. The zero-order valence-corrected chi connectivity index (χ0v) is 21.1. The smallest absolute Gasteiger partial charge is 0.300 e. The molecule has 1 amide bonds. The summed E-state index contributed by atoms with van der Waals surface area (Å²) in [6, 6.07) is 18.1. The summed E-state index contributed by atoms with van der Waals surface area (Å²) in [5, 5.41) is 12.0. The third kappa shape index (κ3) is 5.07. The molecule has 7 heteroatoms. The molecule has 3 aromatic carbocycles. The second-order valence-electron chi connectivity index (χ2n) is 8.88. The number of ether oxygens (including phenoxy) is 1. The molecule has 0 radical (unpaired) electrons. The van der Waals surface area contributed by atoms with Crippen molar-refractivity contribution in [3.63, 3.8) is 0 Å². The van der Waals surface area contributed by atoms with Crippen LogP contribution in [-0.2, 0) is 9.59 Å².